The largest absolute Gasteiger partial charge is 0.497 e. The van der Waals surface area contributed by atoms with Crippen molar-refractivity contribution >= 4 is 11.8 Å². The molecule has 112 valence electrons. The van der Waals surface area contributed by atoms with Crippen LogP contribution in [0.5, 0.6) is 5.75 Å². The van der Waals surface area contributed by atoms with Crippen LogP contribution in [0.15, 0.2) is 59.5 Å². The van der Waals surface area contributed by atoms with Crippen molar-refractivity contribution in [3.63, 3.8) is 0 Å². The molecule has 21 heavy (non-hydrogen) atoms. The van der Waals surface area contributed by atoms with Gasteiger partial charge in [0.15, 0.2) is 0 Å². The zero-order valence-corrected chi connectivity index (χ0v) is 13.5. The van der Waals surface area contributed by atoms with E-state index in [0.717, 1.165) is 24.5 Å². The maximum absolute atomic E-state index is 5.23. The van der Waals surface area contributed by atoms with Gasteiger partial charge in [0.1, 0.15) is 5.75 Å². The van der Waals surface area contributed by atoms with Crippen molar-refractivity contribution in [3.05, 3.63) is 60.2 Å². The van der Waals surface area contributed by atoms with E-state index in [1.807, 2.05) is 23.9 Å². The number of benzene rings is 2. The predicted octanol–water partition coefficient (Wildman–Crippen LogP) is 4.53. The van der Waals surface area contributed by atoms with E-state index in [-0.39, 0.29) is 0 Å². The molecule has 0 saturated carbocycles. The van der Waals surface area contributed by atoms with Gasteiger partial charge in [0.05, 0.1) is 7.11 Å². The minimum atomic E-state index is 0.362. The van der Waals surface area contributed by atoms with E-state index in [1.54, 1.807) is 7.11 Å². The third kappa shape index (κ3) is 5.10. The lowest BCUT2D eigenvalue weighted by Gasteiger charge is -2.19. The van der Waals surface area contributed by atoms with Crippen LogP contribution < -0.4 is 10.1 Å². The van der Waals surface area contributed by atoms with E-state index in [4.69, 9.17) is 4.74 Å². The molecule has 0 amide bonds. The zero-order chi connectivity index (χ0) is 14.9. The van der Waals surface area contributed by atoms with Gasteiger partial charge in [-0.05, 0) is 42.8 Å². The first kappa shape index (κ1) is 15.9. The lowest BCUT2D eigenvalue weighted by Crippen LogP contribution is -2.24. The monoisotopic (exact) mass is 301 g/mol. The van der Waals surface area contributed by atoms with Crippen LogP contribution in [-0.2, 0) is 0 Å². The van der Waals surface area contributed by atoms with Crippen LogP contribution in [0.1, 0.15) is 24.9 Å². The molecule has 1 N–H and O–H groups in total. The van der Waals surface area contributed by atoms with Gasteiger partial charge >= 0.3 is 0 Å². The Kier molecular flexibility index (Phi) is 6.64. The van der Waals surface area contributed by atoms with Crippen LogP contribution in [0.25, 0.3) is 0 Å². The minimum Gasteiger partial charge on any atom is -0.497 e. The van der Waals surface area contributed by atoms with Crippen LogP contribution >= 0.6 is 11.8 Å². The van der Waals surface area contributed by atoms with Crippen LogP contribution in [0.2, 0.25) is 0 Å². The van der Waals surface area contributed by atoms with Crippen molar-refractivity contribution in [2.45, 2.75) is 24.3 Å². The fraction of sp³-hybridized carbons (Fsp3) is 0.333. The number of nitrogens with one attached hydrogen (secondary N) is 1. The van der Waals surface area contributed by atoms with Gasteiger partial charge < -0.3 is 10.1 Å². The summed E-state index contributed by atoms with van der Waals surface area (Å²) in [4.78, 5) is 1.31. The summed E-state index contributed by atoms with van der Waals surface area (Å²) in [7, 11) is 1.70. The summed E-state index contributed by atoms with van der Waals surface area (Å²) in [6.45, 7) is 3.23. The first-order valence-electron chi connectivity index (χ1n) is 7.38. The summed E-state index contributed by atoms with van der Waals surface area (Å²) in [6, 6.07) is 19.3. The molecule has 1 unspecified atom stereocenters. The van der Waals surface area contributed by atoms with Crippen molar-refractivity contribution < 1.29 is 4.74 Å². The first-order valence-corrected chi connectivity index (χ1v) is 8.37. The van der Waals surface area contributed by atoms with Crippen molar-refractivity contribution in [3.8, 4) is 5.75 Å². The Hall–Kier alpha value is -1.45. The number of thioether (sulfide) groups is 1. The normalized spacial score (nSPS) is 12.1. The summed E-state index contributed by atoms with van der Waals surface area (Å²) < 4.78 is 5.23. The summed E-state index contributed by atoms with van der Waals surface area (Å²) >= 11 is 1.89. The average molecular weight is 301 g/mol. The molecule has 2 rings (SSSR count). The SMILES string of the molecule is CCCNC(CSc1ccccc1)c1ccc(OC)cc1. The molecular formula is C18H23NOS. The number of ether oxygens (including phenoxy) is 1. The predicted molar refractivity (Wildman–Crippen MR) is 91.2 cm³/mol. The second-order valence-corrected chi connectivity index (χ2v) is 6.00. The fourth-order valence-corrected chi connectivity index (χ4v) is 3.14. The molecular weight excluding hydrogens is 278 g/mol. The highest BCUT2D eigenvalue weighted by atomic mass is 32.2. The Morgan fingerprint density at radius 1 is 1.05 bits per heavy atom. The molecule has 0 saturated heterocycles. The van der Waals surface area contributed by atoms with Gasteiger partial charge in [0.25, 0.3) is 0 Å². The van der Waals surface area contributed by atoms with Crippen molar-refractivity contribution in [1.82, 2.24) is 5.32 Å². The number of rotatable bonds is 8. The Morgan fingerprint density at radius 2 is 1.76 bits per heavy atom. The molecule has 0 spiro atoms. The van der Waals surface area contributed by atoms with Crippen LogP contribution in [0.4, 0.5) is 0 Å². The Morgan fingerprint density at radius 3 is 2.38 bits per heavy atom. The molecule has 3 heteroatoms. The van der Waals surface area contributed by atoms with Gasteiger partial charge in [0, 0.05) is 16.7 Å². The summed E-state index contributed by atoms with van der Waals surface area (Å²) in [5.74, 6) is 1.93. The maximum Gasteiger partial charge on any atom is 0.118 e. The molecule has 0 fully saturated rings. The van der Waals surface area contributed by atoms with Crippen molar-refractivity contribution in [2.75, 3.05) is 19.4 Å². The molecule has 2 aromatic rings. The molecule has 0 aliphatic carbocycles. The lowest BCUT2D eigenvalue weighted by molar-refractivity contribution is 0.414. The molecule has 2 nitrogen and oxygen atoms in total. The Bertz CT molecular complexity index is 513. The van der Waals surface area contributed by atoms with Crippen molar-refractivity contribution in [2.24, 2.45) is 0 Å². The Balaban J connectivity index is 2.02. The quantitative estimate of drug-likeness (QED) is 0.724. The Labute approximate surface area is 131 Å². The van der Waals surface area contributed by atoms with Gasteiger partial charge in [-0.1, -0.05) is 37.3 Å². The molecule has 2 aromatic carbocycles. The zero-order valence-electron chi connectivity index (χ0n) is 12.7. The van der Waals surface area contributed by atoms with Gasteiger partial charge in [0.2, 0.25) is 0 Å². The smallest absolute Gasteiger partial charge is 0.118 e. The molecule has 0 aliphatic rings. The second kappa shape index (κ2) is 8.75. The molecule has 0 radical (unpaired) electrons. The molecule has 0 heterocycles. The lowest BCUT2D eigenvalue weighted by atomic mass is 10.1. The first-order chi connectivity index (χ1) is 10.3. The molecule has 0 aliphatic heterocycles. The van der Waals surface area contributed by atoms with Crippen LogP contribution in [-0.4, -0.2) is 19.4 Å². The summed E-state index contributed by atoms with van der Waals surface area (Å²) in [5.41, 5.74) is 1.31. The fourth-order valence-electron chi connectivity index (χ4n) is 2.12. The topological polar surface area (TPSA) is 21.3 Å². The summed E-state index contributed by atoms with van der Waals surface area (Å²) in [5, 5.41) is 3.63. The van der Waals surface area contributed by atoms with E-state index < -0.39 is 0 Å². The van der Waals surface area contributed by atoms with Gasteiger partial charge in [-0.2, -0.15) is 0 Å². The highest BCUT2D eigenvalue weighted by molar-refractivity contribution is 7.99. The van der Waals surface area contributed by atoms with Gasteiger partial charge in [-0.15, -0.1) is 11.8 Å². The van der Waals surface area contributed by atoms with E-state index in [9.17, 15) is 0 Å². The van der Waals surface area contributed by atoms with Crippen LogP contribution in [0.3, 0.4) is 0 Å². The van der Waals surface area contributed by atoms with Crippen molar-refractivity contribution in [1.29, 1.82) is 0 Å². The number of methoxy groups -OCH3 is 1. The highest BCUT2D eigenvalue weighted by Gasteiger charge is 2.11. The standard InChI is InChI=1S/C18H23NOS/c1-3-13-19-18(14-21-17-7-5-4-6-8-17)15-9-11-16(20-2)12-10-15/h4-12,18-19H,3,13-14H2,1-2H3. The van der Waals surface area contributed by atoms with E-state index in [2.05, 4.69) is 54.7 Å². The summed E-state index contributed by atoms with van der Waals surface area (Å²) in [6.07, 6.45) is 1.14. The average Bonchev–Trinajstić information content (AvgIpc) is 2.56. The number of hydrogen-bond acceptors (Lipinski definition) is 3. The van der Waals surface area contributed by atoms with Gasteiger partial charge in [-0.25, -0.2) is 0 Å². The van der Waals surface area contributed by atoms with E-state index in [0.29, 0.717) is 6.04 Å². The number of hydrogen-bond donors (Lipinski definition) is 1. The molecule has 0 bridgehead atoms. The third-order valence-electron chi connectivity index (χ3n) is 3.32. The van der Waals surface area contributed by atoms with E-state index in [1.165, 1.54) is 10.5 Å². The highest BCUT2D eigenvalue weighted by Crippen LogP contribution is 2.25. The van der Waals surface area contributed by atoms with Crippen LogP contribution in [0, 0.1) is 0 Å². The third-order valence-corrected chi connectivity index (χ3v) is 4.42. The molecule has 0 aromatic heterocycles. The van der Waals surface area contributed by atoms with Gasteiger partial charge in [-0.3, -0.25) is 0 Å². The van der Waals surface area contributed by atoms with E-state index >= 15 is 0 Å². The minimum absolute atomic E-state index is 0.362. The molecule has 1 atom stereocenters. The second-order valence-electron chi connectivity index (χ2n) is 4.90. The maximum atomic E-state index is 5.23.